The van der Waals surface area contributed by atoms with E-state index >= 15 is 0 Å². The average Bonchev–Trinajstić information content (AvgIpc) is 3.16. The normalized spacial score (nSPS) is 16.4. The van der Waals surface area contributed by atoms with Crippen LogP contribution in [0.25, 0.3) is 21.8 Å². The fourth-order valence-corrected chi connectivity index (χ4v) is 4.80. The summed E-state index contributed by atoms with van der Waals surface area (Å²) in [4.78, 5) is 47.7. The molecule has 3 heterocycles. The molecule has 1 aromatic heterocycles. The van der Waals surface area contributed by atoms with Crippen molar-refractivity contribution in [3.05, 3.63) is 69.6 Å². The summed E-state index contributed by atoms with van der Waals surface area (Å²) in [5.74, 6) is -0.736. The van der Waals surface area contributed by atoms with Gasteiger partial charge in [-0.2, -0.15) is 0 Å². The Morgan fingerprint density at radius 1 is 0.844 bits per heavy atom. The number of fused-ring (bicyclic) bond motifs is 1. The number of hydrogen-bond acceptors (Lipinski definition) is 5. The second-order valence-corrected chi connectivity index (χ2v) is 8.17. The van der Waals surface area contributed by atoms with E-state index < -0.39 is 0 Å². The number of ether oxygens (including phenoxy) is 1. The van der Waals surface area contributed by atoms with Crippen molar-refractivity contribution in [1.29, 1.82) is 0 Å². The Morgan fingerprint density at radius 3 is 2.28 bits per heavy atom. The van der Waals surface area contributed by atoms with Gasteiger partial charge in [-0.05, 0) is 42.8 Å². The number of carbonyl (C=O) groups is 2. The molecule has 160 valence electrons. The van der Waals surface area contributed by atoms with E-state index in [2.05, 4.69) is 14.9 Å². The van der Waals surface area contributed by atoms with E-state index in [1.807, 2.05) is 31.2 Å². The van der Waals surface area contributed by atoms with E-state index in [-0.39, 0.29) is 17.5 Å². The van der Waals surface area contributed by atoms with Crippen LogP contribution in [0.3, 0.4) is 0 Å². The fraction of sp³-hybridized carbons (Fsp3) is 0.208. The Hall–Kier alpha value is -3.91. The number of amides is 2. The largest absolute Gasteiger partial charge is 0.378 e. The zero-order chi connectivity index (χ0) is 22.0. The predicted octanol–water partition coefficient (Wildman–Crippen LogP) is 2.96. The first-order valence-corrected chi connectivity index (χ1v) is 10.5. The molecule has 2 aliphatic heterocycles. The van der Waals surface area contributed by atoms with E-state index in [9.17, 15) is 14.4 Å². The second-order valence-electron chi connectivity index (χ2n) is 8.17. The topological polar surface area (TPSA) is 98.5 Å². The van der Waals surface area contributed by atoms with Gasteiger partial charge >= 0.3 is 5.69 Å². The van der Waals surface area contributed by atoms with E-state index in [1.165, 1.54) is 4.90 Å². The van der Waals surface area contributed by atoms with Gasteiger partial charge in [0.2, 0.25) is 0 Å². The zero-order valence-corrected chi connectivity index (χ0v) is 17.4. The summed E-state index contributed by atoms with van der Waals surface area (Å²) in [6.07, 6.45) is 0. The molecule has 1 fully saturated rings. The third kappa shape index (κ3) is 2.63. The molecule has 2 amide bonds. The molecule has 2 N–H and O–H groups in total. The van der Waals surface area contributed by atoms with Crippen LogP contribution in [0.1, 0.15) is 26.3 Å². The van der Waals surface area contributed by atoms with Crippen molar-refractivity contribution in [2.75, 3.05) is 36.1 Å². The Morgan fingerprint density at radius 2 is 1.53 bits per heavy atom. The first-order chi connectivity index (χ1) is 15.5. The minimum absolute atomic E-state index is 0.335. The van der Waals surface area contributed by atoms with Crippen LogP contribution in [0, 0.1) is 6.92 Å². The van der Waals surface area contributed by atoms with Gasteiger partial charge in [-0.1, -0.05) is 12.1 Å². The van der Waals surface area contributed by atoms with E-state index in [4.69, 9.17) is 4.74 Å². The summed E-state index contributed by atoms with van der Waals surface area (Å²) in [6, 6.07) is 12.8. The zero-order valence-electron chi connectivity index (χ0n) is 17.4. The number of nitrogens with one attached hydrogen (secondary N) is 2. The Balaban J connectivity index is 1.53. The fourth-order valence-electron chi connectivity index (χ4n) is 4.80. The summed E-state index contributed by atoms with van der Waals surface area (Å²) in [6.45, 7) is 4.65. The average molecular weight is 428 g/mol. The lowest BCUT2D eigenvalue weighted by Crippen LogP contribution is -2.41. The number of carbonyl (C=O) groups excluding carboxylic acids is 2. The number of aryl methyl sites for hydroxylation is 1. The Bertz CT molecular complexity index is 1470. The van der Waals surface area contributed by atoms with Crippen molar-refractivity contribution < 1.29 is 14.3 Å². The third-order valence-corrected chi connectivity index (χ3v) is 6.31. The number of aromatic amines is 2. The Labute approximate surface area is 182 Å². The molecule has 0 saturated carbocycles. The highest BCUT2D eigenvalue weighted by Gasteiger charge is 2.35. The van der Waals surface area contributed by atoms with Crippen LogP contribution in [0.5, 0.6) is 0 Å². The van der Waals surface area contributed by atoms with Gasteiger partial charge in [-0.25, -0.2) is 9.69 Å². The molecule has 0 aliphatic carbocycles. The molecule has 2 aliphatic rings. The first kappa shape index (κ1) is 18.8. The molecule has 0 atom stereocenters. The van der Waals surface area contributed by atoms with E-state index in [0.29, 0.717) is 46.4 Å². The minimum atomic E-state index is -0.368. The van der Waals surface area contributed by atoms with Gasteiger partial charge in [0, 0.05) is 40.7 Å². The number of imide groups is 1. The van der Waals surface area contributed by atoms with Gasteiger partial charge in [0.15, 0.2) is 0 Å². The van der Waals surface area contributed by atoms with Crippen molar-refractivity contribution >= 4 is 45.0 Å². The van der Waals surface area contributed by atoms with E-state index in [0.717, 1.165) is 29.7 Å². The SMILES string of the molecule is Cc1cc2[nH]c(=O)[nH]c2cc1N1C(=O)c2cccc3c(N4CCOCC4)ccc(c23)C1=O. The number of hydrogen-bond donors (Lipinski definition) is 2. The van der Waals surface area contributed by atoms with Crippen molar-refractivity contribution in [2.24, 2.45) is 0 Å². The number of nitrogens with zero attached hydrogens (tertiary/aromatic N) is 2. The van der Waals surface area contributed by atoms with Crippen LogP contribution in [0.15, 0.2) is 47.3 Å². The monoisotopic (exact) mass is 428 g/mol. The number of aromatic nitrogens is 2. The number of benzene rings is 3. The van der Waals surface area contributed by atoms with E-state index in [1.54, 1.807) is 18.2 Å². The summed E-state index contributed by atoms with van der Waals surface area (Å²) in [7, 11) is 0. The van der Waals surface area contributed by atoms with Gasteiger partial charge in [-0.3, -0.25) is 9.59 Å². The number of morpholine rings is 1. The molecule has 0 bridgehead atoms. The molecule has 0 unspecified atom stereocenters. The smallest absolute Gasteiger partial charge is 0.323 e. The molecule has 0 spiro atoms. The molecular formula is C24H20N4O4. The molecule has 4 aromatic rings. The molecule has 8 nitrogen and oxygen atoms in total. The minimum Gasteiger partial charge on any atom is -0.378 e. The van der Waals surface area contributed by atoms with Crippen LogP contribution in [0.2, 0.25) is 0 Å². The summed E-state index contributed by atoms with van der Waals surface area (Å²) >= 11 is 0. The maximum Gasteiger partial charge on any atom is 0.323 e. The molecule has 3 aromatic carbocycles. The van der Waals surface area contributed by atoms with Crippen molar-refractivity contribution in [1.82, 2.24) is 9.97 Å². The molecule has 32 heavy (non-hydrogen) atoms. The van der Waals surface area contributed by atoms with Crippen LogP contribution in [0.4, 0.5) is 11.4 Å². The highest BCUT2D eigenvalue weighted by Crippen LogP contribution is 2.38. The first-order valence-electron chi connectivity index (χ1n) is 10.5. The lowest BCUT2D eigenvalue weighted by molar-refractivity contribution is 0.0893. The van der Waals surface area contributed by atoms with Crippen molar-refractivity contribution in [2.45, 2.75) is 6.92 Å². The molecule has 1 saturated heterocycles. The van der Waals surface area contributed by atoms with Gasteiger partial charge in [0.05, 0.1) is 29.9 Å². The van der Waals surface area contributed by atoms with Gasteiger partial charge in [0.1, 0.15) is 0 Å². The number of H-pyrrole nitrogens is 2. The molecular weight excluding hydrogens is 408 g/mol. The van der Waals surface area contributed by atoms with Crippen LogP contribution >= 0.6 is 0 Å². The number of anilines is 2. The van der Waals surface area contributed by atoms with Crippen molar-refractivity contribution in [3.8, 4) is 0 Å². The molecule has 6 rings (SSSR count). The van der Waals surface area contributed by atoms with Gasteiger partial charge in [-0.15, -0.1) is 0 Å². The van der Waals surface area contributed by atoms with Gasteiger partial charge < -0.3 is 19.6 Å². The Kier molecular flexibility index (Phi) is 4.00. The summed E-state index contributed by atoms with van der Waals surface area (Å²) in [5.41, 5.74) is 4.01. The van der Waals surface area contributed by atoms with Gasteiger partial charge in [0.25, 0.3) is 11.8 Å². The number of rotatable bonds is 2. The number of imidazole rings is 1. The van der Waals surface area contributed by atoms with Crippen LogP contribution < -0.4 is 15.5 Å². The predicted molar refractivity (Wildman–Crippen MR) is 122 cm³/mol. The lowest BCUT2D eigenvalue weighted by atomic mass is 9.92. The second kappa shape index (κ2) is 6.80. The lowest BCUT2D eigenvalue weighted by Gasteiger charge is -2.32. The van der Waals surface area contributed by atoms with Crippen molar-refractivity contribution in [3.63, 3.8) is 0 Å². The summed E-state index contributed by atoms with van der Waals surface area (Å²) in [5, 5.41) is 1.59. The maximum atomic E-state index is 13.6. The third-order valence-electron chi connectivity index (χ3n) is 6.31. The van der Waals surface area contributed by atoms with Crippen LogP contribution in [-0.2, 0) is 4.74 Å². The van der Waals surface area contributed by atoms with Crippen LogP contribution in [-0.4, -0.2) is 48.1 Å². The molecule has 8 heteroatoms. The maximum absolute atomic E-state index is 13.6. The summed E-state index contributed by atoms with van der Waals surface area (Å²) < 4.78 is 5.47. The highest BCUT2D eigenvalue weighted by atomic mass is 16.5. The quantitative estimate of drug-likeness (QED) is 0.479. The standard InChI is InChI=1S/C24H20N4O4/c1-13-11-17-18(26-24(31)25-17)12-20(13)28-22(29)15-4-2-3-14-19(27-7-9-32-10-8-27)6-5-16(21(14)15)23(28)30/h2-6,11-12H,7-10H2,1H3,(H2,25,26,31). The molecule has 0 radical (unpaired) electrons. The highest BCUT2D eigenvalue weighted by molar-refractivity contribution is 6.36.